The van der Waals surface area contributed by atoms with Gasteiger partial charge in [-0.3, -0.25) is 0 Å². The maximum atomic E-state index is 3.82. The number of hydrogen-bond donors (Lipinski definition) is 0. The highest BCUT2D eigenvalue weighted by atomic mass is 79.9. The second kappa shape index (κ2) is 11.1. The van der Waals surface area contributed by atoms with Crippen molar-refractivity contribution in [1.29, 1.82) is 0 Å². The molecule has 0 saturated carbocycles. The molecule has 0 fully saturated rings. The minimum absolute atomic E-state index is 0.957. The van der Waals surface area contributed by atoms with Crippen molar-refractivity contribution in [3.8, 4) is 0 Å². The van der Waals surface area contributed by atoms with E-state index < -0.39 is 0 Å². The molecule has 2 aromatic heterocycles. The molecule has 7 aromatic rings. The standard InChI is InChI=1S/C38H30Br2N2/c1-3-41-35-11-7-5-9-29(35)31-21-25(15-19-37(31)41)13-17-27-23-34(40)28(24-33(27)39)18-14-26-16-20-38-32(22-26)30-10-6-8-12-36(30)42(38)4-2/h5-24H,3-4H2,1-2H3/b17-13+,18-14+. The summed E-state index contributed by atoms with van der Waals surface area (Å²) in [7, 11) is 0. The Kier molecular flexibility index (Phi) is 7.13. The van der Waals surface area contributed by atoms with E-state index >= 15 is 0 Å². The summed E-state index contributed by atoms with van der Waals surface area (Å²) in [5.74, 6) is 0. The first-order valence-electron chi connectivity index (χ1n) is 14.4. The molecular weight excluding hydrogens is 644 g/mol. The van der Waals surface area contributed by atoms with Gasteiger partial charge >= 0.3 is 0 Å². The normalized spacial score (nSPS) is 12.3. The van der Waals surface area contributed by atoms with Crippen LogP contribution in [0.15, 0.2) is 106 Å². The third-order valence-corrected chi connectivity index (χ3v) is 9.63. The number of aromatic nitrogens is 2. The molecule has 0 unspecified atom stereocenters. The van der Waals surface area contributed by atoms with Crippen LogP contribution in [0, 0.1) is 0 Å². The summed E-state index contributed by atoms with van der Waals surface area (Å²) in [6.45, 7) is 6.33. The van der Waals surface area contributed by atoms with Crippen molar-refractivity contribution in [2.45, 2.75) is 26.9 Å². The van der Waals surface area contributed by atoms with Crippen LogP contribution < -0.4 is 0 Å². The van der Waals surface area contributed by atoms with Gasteiger partial charge in [0.25, 0.3) is 0 Å². The smallest absolute Gasteiger partial charge is 0.0491 e. The second-order valence-electron chi connectivity index (χ2n) is 10.6. The topological polar surface area (TPSA) is 9.86 Å². The summed E-state index contributed by atoms with van der Waals surface area (Å²) >= 11 is 7.65. The summed E-state index contributed by atoms with van der Waals surface area (Å²) in [5.41, 5.74) is 9.78. The Morgan fingerprint density at radius 1 is 0.476 bits per heavy atom. The molecule has 0 amide bonds. The molecule has 4 heteroatoms. The summed E-state index contributed by atoms with van der Waals surface area (Å²) in [6.07, 6.45) is 8.75. The molecule has 0 aliphatic carbocycles. The molecular formula is C38H30Br2N2. The number of hydrogen-bond acceptors (Lipinski definition) is 0. The van der Waals surface area contributed by atoms with Crippen molar-refractivity contribution in [1.82, 2.24) is 9.13 Å². The highest BCUT2D eigenvalue weighted by molar-refractivity contribution is 9.11. The Morgan fingerprint density at radius 3 is 1.31 bits per heavy atom. The van der Waals surface area contributed by atoms with Crippen LogP contribution >= 0.6 is 31.9 Å². The number of aryl methyl sites for hydroxylation is 2. The number of rotatable bonds is 6. The van der Waals surface area contributed by atoms with E-state index in [1.165, 1.54) is 54.7 Å². The fourth-order valence-electron chi connectivity index (χ4n) is 6.24. The lowest BCUT2D eigenvalue weighted by atomic mass is 10.1. The molecule has 0 aliphatic rings. The molecule has 2 heterocycles. The minimum Gasteiger partial charge on any atom is -0.341 e. The van der Waals surface area contributed by atoms with E-state index in [4.69, 9.17) is 0 Å². The average molecular weight is 674 g/mol. The highest BCUT2D eigenvalue weighted by Gasteiger charge is 2.11. The molecule has 0 spiro atoms. The molecule has 0 N–H and O–H groups in total. The molecule has 42 heavy (non-hydrogen) atoms. The van der Waals surface area contributed by atoms with Gasteiger partial charge in [0.2, 0.25) is 0 Å². The van der Waals surface area contributed by atoms with Crippen LogP contribution in [0.5, 0.6) is 0 Å². The molecule has 0 bridgehead atoms. The lowest BCUT2D eigenvalue weighted by molar-refractivity contribution is 0.827. The predicted molar refractivity (Wildman–Crippen MR) is 190 cm³/mol. The van der Waals surface area contributed by atoms with Crippen LogP contribution in [0.25, 0.3) is 67.9 Å². The van der Waals surface area contributed by atoms with Gasteiger partial charge in [-0.25, -0.2) is 0 Å². The van der Waals surface area contributed by atoms with Gasteiger partial charge in [-0.2, -0.15) is 0 Å². The summed E-state index contributed by atoms with van der Waals surface area (Å²) in [6, 6.07) is 35.2. The fraction of sp³-hybridized carbons (Fsp3) is 0.105. The summed E-state index contributed by atoms with van der Waals surface area (Å²) in [4.78, 5) is 0. The Labute approximate surface area is 262 Å². The van der Waals surface area contributed by atoms with E-state index in [-0.39, 0.29) is 0 Å². The van der Waals surface area contributed by atoms with Gasteiger partial charge in [0.15, 0.2) is 0 Å². The molecule has 0 saturated heterocycles. The molecule has 5 aromatic carbocycles. The van der Waals surface area contributed by atoms with Crippen LogP contribution in [0.2, 0.25) is 0 Å². The third-order valence-electron chi connectivity index (χ3n) is 8.25. The SMILES string of the molecule is CCn1c2ccccc2c2cc(/C=C/c3cc(Br)c(/C=C/c4ccc5c(c4)c4ccccc4n5CC)cc3Br)ccc21. The number of benzene rings is 5. The molecule has 0 atom stereocenters. The third kappa shape index (κ3) is 4.63. The Hall–Kier alpha value is -3.86. The zero-order valence-corrected chi connectivity index (χ0v) is 26.8. The highest BCUT2D eigenvalue weighted by Crippen LogP contribution is 2.33. The first kappa shape index (κ1) is 27.0. The zero-order chi connectivity index (χ0) is 28.8. The van der Waals surface area contributed by atoms with E-state index in [2.05, 4.69) is 176 Å². The second-order valence-corrected chi connectivity index (χ2v) is 12.3. The first-order valence-corrected chi connectivity index (χ1v) is 16.0. The monoisotopic (exact) mass is 672 g/mol. The quantitative estimate of drug-likeness (QED) is 0.155. The Morgan fingerprint density at radius 2 is 0.881 bits per heavy atom. The van der Waals surface area contributed by atoms with Crippen LogP contribution in [0.4, 0.5) is 0 Å². The minimum atomic E-state index is 0.957. The molecule has 7 rings (SSSR count). The lowest BCUT2D eigenvalue weighted by Gasteiger charge is -2.06. The van der Waals surface area contributed by atoms with Crippen LogP contribution in [0.3, 0.4) is 0 Å². The van der Waals surface area contributed by atoms with Crippen LogP contribution in [0.1, 0.15) is 36.1 Å². The number of para-hydroxylation sites is 2. The van der Waals surface area contributed by atoms with Gasteiger partial charge < -0.3 is 9.13 Å². The van der Waals surface area contributed by atoms with E-state index in [0.717, 1.165) is 33.2 Å². The zero-order valence-electron chi connectivity index (χ0n) is 23.6. The van der Waals surface area contributed by atoms with E-state index in [1.54, 1.807) is 0 Å². The predicted octanol–water partition coefficient (Wildman–Crippen LogP) is 11.8. The maximum Gasteiger partial charge on any atom is 0.0491 e. The fourth-order valence-corrected chi connectivity index (χ4v) is 7.22. The average Bonchev–Trinajstić information content (AvgIpc) is 3.52. The van der Waals surface area contributed by atoms with Gasteiger partial charge in [0.05, 0.1) is 0 Å². The maximum absolute atomic E-state index is 3.82. The Bertz CT molecular complexity index is 2040. The number of halogens is 2. The van der Waals surface area contributed by atoms with Gasteiger partial charge in [0.1, 0.15) is 0 Å². The molecule has 206 valence electrons. The van der Waals surface area contributed by atoms with Crippen LogP contribution in [-0.2, 0) is 13.1 Å². The van der Waals surface area contributed by atoms with Crippen LogP contribution in [-0.4, -0.2) is 9.13 Å². The summed E-state index contributed by atoms with van der Waals surface area (Å²) < 4.78 is 6.90. The Balaban J connectivity index is 1.18. The van der Waals surface area contributed by atoms with Crippen molar-refractivity contribution in [2.24, 2.45) is 0 Å². The first-order chi connectivity index (χ1) is 20.6. The largest absolute Gasteiger partial charge is 0.341 e. The number of nitrogens with zero attached hydrogens (tertiary/aromatic N) is 2. The lowest BCUT2D eigenvalue weighted by Crippen LogP contribution is -1.92. The van der Waals surface area contributed by atoms with Crippen molar-refractivity contribution >= 4 is 99.8 Å². The van der Waals surface area contributed by atoms with Gasteiger partial charge in [-0.05, 0) is 84.6 Å². The van der Waals surface area contributed by atoms with E-state index in [1.807, 2.05) is 0 Å². The van der Waals surface area contributed by atoms with Crippen molar-refractivity contribution in [2.75, 3.05) is 0 Å². The van der Waals surface area contributed by atoms with Gasteiger partial charge in [-0.1, -0.05) is 105 Å². The number of fused-ring (bicyclic) bond motifs is 6. The molecule has 2 nitrogen and oxygen atoms in total. The van der Waals surface area contributed by atoms with Crippen molar-refractivity contribution in [3.63, 3.8) is 0 Å². The van der Waals surface area contributed by atoms with E-state index in [9.17, 15) is 0 Å². The molecule has 0 aliphatic heterocycles. The summed E-state index contributed by atoms with van der Waals surface area (Å²) in [5, 5.41) is 5.21. The van der Waals surface area contributed by atoms with Gasteiger partial charge in [-0.15, -0.1) is 0 Å². The van der Waals surface area contributed by atoms with Crippen molar-refractivity contribution < 1.29 is 0 Å². The van der Waals surface area contributed by atoms with Gasteiger partial charge in [0, 0.05) is 65.6 Å². The molecule has 0 radical (unpaired) electrons. The van der Waals surface area contributed by atoms with E-state index in [0.29, 0.717) is 0 Å². The van der Waals surface area contributed by atoms with Crippen molar-refractivity contribution in [3.05, 3.63) is 128 Å².